The van der Waals surface area contributed by atoms with Crippen molar-refractivity contribution in [2.75, 3.05) is 14.2 Å². The molecule has 0 spiro atoms. The van der Waals surface area contributed by atoms with Crippen LogP contribution in [0, 0.1) is 0 Å². The van der Waals surface area contributed by atoms with Gasteiger partial charge in [-0.1, -0.05) is 6.07 Å². The van der Waals surface area contributed by atoms with E-state index in [1.165, 1.54) is 18.8 Å². The molecule has 0 saturated carbocycles. The summed E-state index contributed by atoms with van der Waals surface area (Å²) >= 11 is 0. The molecule has 4 aromatic rings. The summed E-state index contributed by atoms with van der Waals surface area (Å²) in [5.41, 5.74) is 1.76. The average Bonchev–Trinajstić information content (AvgIpc) is 2.89. The molecule has 1 N–H and O–H groups in total. The predicted molar refractivity (Wildman–Crippen MR) is 134 cm³/mol. The van der Waals surface area contributed by atoms with Crippen LogP contribution >= 0.6 is 0 Å². The summed E-state index contributed by atoms with van der Waals surface area (Å²) in [4.78, 5) is 51.1. The zero-order valence-corrected chi connectivity index (χ0v) is 20.3. The molecule has 3 aromatic heterocycles. The number of amides is 1. The summed E-state index contributed by atoms with van der Waals surface area (Å²) in [7, 11) is 2.99. The van der Waals surface area contributed by atoms with Crippen molar-refractivity contribution in [3.8, 4) is 34.3 Å². The Balaban J connectivity index is 1.92. The fourth-order valence-corrected chi connectivity index (χ4v) is 3.75. The smallest absolute Gasteiger partial charge is 0.263 e. The van der Waals surface area contributed by atoms with E-state index < -0.39 is 5.56 Å². The molecular weight excluding hydrogens is 462 g/mol. The number of ether oxygens (including phenoxy) is 2. The van der Waals surface area contributed by atoms with Crippen LogP contribution in [-0.4, -0.2) is 52.0 Å². The van der Waals surface area contributed by atoms with Crippen LogP contribution in [0.3, 0.4) is 0 Å². The van der Waals surface area contributed by atoms with Crippen molar-refractivity contribution < 1.29 is 19.1 Å². The topological polar surface area (TPSA) is 125 Å². The molecular formula is C26H25N5O5. The van der Waals surface area contributed by atoms with Gasteiger partial charge >= 0.3 is 0 Å². The molecule has 10 nitrogen and oxygen atoms in total. The number of rotatable bonds is 8. The lowest BCUT2D eigenvalue weighted by atomic mass is 10.0. The largest absolute Gasteiger partial charge is 0.497 e. The molecule has 1 amide bonds. The predicted octanol–water partition coefficient (Wildman–Crippen LogP) is 2.87. The summed E-state index contributed by atoms with van der Waals surface area (Å²) in [5.74, 6) is 0.683. The number of aromatic nitrogens is 4. The SMILES string of the molecule is COc1cc(C=O)cc(-c2cnc3nc(-c4cccc(OC)n4)n(CC(=O)NC(C)C)c(=O)c3c2)c1. The second-order valence-electron chi connectivity index (χ2n) is 8.32. The van der Waals surface area contributed by atoms with Gasteiger partial charge in [0, 0.05) is 29.4 Å². The Morgan fingerprint density at radius 3 is 2.58 bits per heavy atom. The third-order valence-electron chi connectivity index (χ3n) is 5.36. The number of fused-ring (bicyclic) bond motifs is 1. The van der Waals surface area contributed by atoms with Crippen molar-refractivity contribution in [1.82, 2.24) is 24.8 Å². The molecule has 0 aliphatic heterocycles. The zero-order valence-electron chi connectivity index (χ0n) is 20.3. The minimum Gasteiger partial charge on any atom is -0.497 e. The fourth-order valence-electron chi connectivity index (χ4n) is 3.75. The number of hydrogen-bond acceptors (Lipinski definition) is 8. The first-order valence-corrected chi connectivity index (χ1v) is 11.2. The molecule has 0 aliphatic carbocycles. The molecule has 0 bridgehead atoms. The van der Waals surface area contributed by atoms with Gasteiger partial charge in [0.05, 0.1) is 19.6 Å². The Morgan fingerprint density at radius 2 is 1.89 bits per heavy atom. The standard InChI is InChI=1S/C26H25N5O5/c1-15(2)28-22(33)13-31-25(21-6-5-7-23(29-21)36-4)30-24-20(26(31)34)11-18(12-27-24)17-8-16(14-32)9-19(10-17)35-3/h5-12,14-15H,13H2,1-4H3,(H,28,33). The number of carbonyl (C=O) groups excluding carboxylic acids is 2. The Hall–Kier alpha value is -4.60. The average molecular weight is 488 g/mol. The normalized spacial score (nSPS) is 10.9. The van der Waals surface area contributed by atoms with E-state index in [9.17, 15) is 14.4 Å². The minimum absolute atomic E-state index is 0.103. The van der Waals surface area contributed by atoms with Gasteiger partial charge < -0.3 is 14.8 Å². The molecule has 3 heterocycles. The van der Waals surface area contributed by atoms with E-state index in [1.807, 2.05) is 13.8 Å². The fraction of sp³-hybridized carbons (Fsp3) is 0.231. The maximum Gasteiger partial charge on any atom is 0.263 e. The maximum absolute atomic E-state index is 13.7. The molecule has 4 rings (SSSR count). The number of hydrogen-bond donors (Lipinski definition) is 1. The van der Waals surface area contributed by atoms with Crippen LogP contribution in [0.4, 0.5) is 0 Å². The van der Waals surface area contributed by atoms with Crippen LogP contribution < -0.4 is 20.3 Å². The second kappa shape index (κ2) is 10.3. The highest BCUT2D eigenvalue weighted by atomic mass is 16.5. The quantitative estimate of drug-likeness (QED) is 0.376. The Kier molecular flexibility index (Phi) is 7.05. The Bertz CT molecular complexity index is 1510. The maximum atomic E-state index is 13.7. The van der Waals surface area contributed by atoms with Crippen LogP contribution in [0.5, 0.6) is 11.6 Å². The molecule has 36 heavy (non-hydrogen) atoms. The highest BCUT2D eigenvalue weighted by Gasteiger charge is 2.19. The van der Waals surface area contributed by atoms with Gasteiger partial charge in [-0.05, 0) is 49.7 Å². The van der Waals surface area contributed by atoms with Gasteiger partial charge in [-0.2, -0.15) is 0 Å². The van der Waals surface area contributed by atoms with E-state index in [0.717, 1.165) is 6.29 Å². The number of nitrogens with zero attached hydrogens (tertiary/aromatic N) is 4. The van der Waals surface area contributed by atoms with Crippen LogP contribution in [0.25, 0.3) is 33.7 Å². The van der Waals surface area contributed by atoms with Gasteiger partial charge in [0.2, 0.25) is 11.8 Å². The monoisotopic (exact) mass is 487 g/mol. The number of pyridine rings is 2. The highest BCUT2D eigenvalue weighted by molar-refractivity contribution is 5.85. The van der Waals surface area contributed by atoms with Gasteiger partial charge in [0.15, 0.2) is 11.5 Å². The summed E-state index contributed by atoms with van der Waals surface area (Å²) in [6, 6.07) is 11.6. The van der Waals surface area contributed by atoms with E-state index in [0.29, 0.717) is 34.0 Å². The molecule has 0 atom stereocenters. The van der Waals surface area contributed by atoms with Crippen LogP contribution in [0.1, 0.15) is 24.2 Å². The second-order valence-corrected chi connectivity index (χ2v) is 8.32. The number of aldehydes is 1. The summed E-state index contributed by atoms with van der Waals surface area (Å²) < 4.78 is 11.8. The summed E-state index contributed by atoms with van der Waals surface area (Å²) in [5, 5.41) is 3.01. The first-order valence-electron chi connectivity index (χ1n) is 11.2. The number of benzene rings is 1. The highest BCUT2D eigenvalue weighted by Crippen LogP contribution is 2.27. The third-order valence-corrected chi connectivity index (χ3v) is 5.36. The van der Waals surface area contributed by atoms with Crippen molar-refractivity contribution in [2.24, 2.45) is 0 Å². The van der Waals surface area contributed by atoms with E-state index in [2.05, 4.69) is 20.3 Å². The van der Waals surface area contributed by atoms with E-state index in [-0.39, 0.29) is 35.4 Å². The lowest BCUT2D eigenvalue weighted by Crippen LogP contribution is -2.37. The molecule has 184 valence electrons. The van der Waals surface area contributed by atoms with Crippen molar-refractivity contribution in [1.29, 1.82) is 0 Å². The van der Waals surface area contributed by atoms with Gasteiger partial charge in [0.25, 0.3) is 5.56 Å². The number of nitrogens with one attached hydrogen (secondary N) is 1. The zero-order chi connectivity index (χ0) is 25.8. The van der Waals surface area contributed by atoms with Crippen LogP contribution in [-0.2, 0) is 11.3 Å². The van der Waals surface area contributed by atoms with Gasteiger partial charge in [-0.3, -0.25) is 19.0 Å². The lowest BCUT2D eigenvalue weighted by molar-refractivity contribution is -0.122. The molecule has 0 fully saturated rings. The van der Waals surface area contributed by atoms with Gasteiger partial charge in [0.1, 0.15) is 24.3 Å². The van der Waals surface area contributed by atoms with E-state index >= 15 is 0 Å². The first kappa shape index (κ1) is 24.5. The van der Waals surface area contributed by atoms with Gasteiger partial charge in [-0.15, -0.1) is 0 Å². The lowest BCUT2D eigenvalue weighted by Gasteiger charge is -2.15. The van der Waals surface area contributed by atoms with E-state index in [1.54, 1.807) is 48.7 Å². The Morgan fingerprint density at radius 1 is 1.08 bits per heavy atom. The molecule has 0 aliphatic rings. The third kappa shape index (κ3) is 5.07. The van der Waals surface area contributed by atoms with Crippen molar-refractivity contribution >= 4 is 23.2 Å². The van der Waals surface area contributed by atoms with Gasteiger partial charge in [-0.25, -0.2) is 15.0 Å². The molecule has 0 radical (unpaired) electrons. The van der Waals surface area contributed by atoms with Crippen molar-refractivity contribution in [3.05, 3.63) is 64.6 Å². The van der Waals surface area contributed by atoms with Crippen LogP contribution in [0.2, 0.25) is 0 Å². The molecule has 0 saturated heterocycles. The molecule has 1 aromatic carbocycles. The molecule has 10 heteroatoms. The number of methoxy groups -OCH3 is 2. The summed E-state index contributed by atoms with van der Waals surface area (Å²) in [6.07, 6.45) is 2.28. The minimum atomic E-state index is -0.452. The van der Waals surface area contributed by atoms with Crippen molar-refractivity contribution in [2.45, 2.75) is 26.4 Å². The van der Waals surface area contributed by atoms with Crippen molar-refractivity contribution in [3.63, 3.8) is 0 Å². The number of carbonyl (C=O) groups is 2. The Labute approximate surface area is 206 Å². The summed E-state index contributed by atoms with van der Waals surface area (Å²) in [6.45, 7) is 3.41. The molecule has 0 unspecified atom stereocenters. The van der Waals surface area contributed by atoms with Crippen LogP contribution in [0.15, 0.2) is 53.5 Å². The first-order chi connectivity index (χ1) is 17.3. The van der Waals surface area contributed by atoms with E-state index in [4.69, 9.17) is 9.47 Å².